The molecule has 1 fully saturated rings. The number of nitrogens with one attached hydrogen (secondary N) is 1. The molecule has 1 aliphatic heterocycles. The van der Waals surface area contributed by atoms with Crippen LogP contribution in [0, 0.1) is 0 Å². The Bertz CT molecular complexity index is 1000. The largest absolute Gasteiger partial charge is 0.507 e. The fraction of sp³-hybridized carbons (Fsp3) is 0.318. The molecule has 0 aliphatic carbocycles. The van der Waals surface area contributed by atoms with Crippen LogP contribution in [-0.4, -0.2) is 30.4 Å². The van der Waals surface area contributed by atoms with Crippen LogP contribution in [0.25, 0.3) is 22.1 Å². The van der Waals surface area contributed by atoms with E-state index in [2.05, 4.69) is 13.8 Å². The highest BCUT2D eigenvalue weighted by molar-refractivity contribution is 5.88. The Morgan fingerprint density at radius 3 is 2.48 bits per heavy atom. The van der Waals surface area contributed by atoms with E-state index >= 15 is 0 Å². The molecule has 2 aromatic carbocycles. The van der Waals surface area contributed by atoms with Gasteiger partial charge < -0.3 is 19.2 Å². The highest BCUT2D eigenvalue weighted by Crippen LogP contribution is 2.33. The Hall–Kier alpha value is -2.63. The lowest BCUT2D eigenvalue weighted by atomic mass is 10.0. The van der Waals surface area contributed by atoms with Crippen LogP contribution in [0.15, 0.2) is 57.7 Å². The van der Waals surface area contributed by atoms with E-state index in [-0.39, 0.29) is 23.6 Å². The molecule has 5 nitrogen and oxygen atoms in total. The molecule has 0 spiro atoms. The molecule has 27 heavy (non-hydrogen) atoms. The molecule has 1 aliphatic rings. The number of morpholine rings is 1. The number of rotatable bonds is 3. The second-order valence-electron chi connectivity index (χ2n) is 7.41. The summed E-state index contributed by atoms with van der Waals surface area (Å²) in [4.78, 5) is 13.5. The highest BCUT2D eigenvalue weighted by atomic mass is 16.5. The molecule has 1 aromatic heterocycles. The lowest BCUT2D eigenvalue weighted by molar-refractivity contribution is -0.928. The molecule has 0 radical (unpaired) electrons. The van der Waals surface area contributed by atoms with E-state index in [0.717, 1.165) is 29.6 Å². The number of fused-ring (bicyclic) bond motifs is 1. The number of phenols is 1. The van der Waals surface area contributed by atoms with Gasteiger partial charge in [0.2, 0.25) is 0 Å². The minimum absolute atomic E-state index is 0.183. The van der Waals surface area contributed by atoms with Gasteiger partial charge in [-0.3, -0.25) is 0 Å². The summed E-state index contributed by atoms with van der Waals surface area (Å²) >= 11 is 0. The van der Waals surface area contributed by atoms with Crippen LogP contribution in [0.1, 0.15) is 19.4 Å². The van der Waals surface area contributed by atoms with Crippen molar-refractivity contribution in [2.45, 2.75) is 32.6 Å². The summed E-state index contributed by atoms with van der Waals surface area (Å²) in [6.45, 7) is 6.63. The second kappa shape index (κ2) is 7.18. The first-order valence-corrected chi connectivity index (χ1v) is 9.34. The van der Waals surface area contributed by atoms with Crippen molar-refractivity contribution in [3.63, 3.8) is 0 Å². The van der Waals surface area contributed by atoms with Crippen molar-refractivity contribution >= 4 is 11.0 Å². The molecule has 5 heteroatoms. The van der Waals surface area contributed by atoms with Crippen molar-refractivity contribution < 1.29 is 19.2 Å². The van der Waals surface area contributed by atoms with Gasteiger partial charge in [-0.2, -0.15) is 0 Å². The first-order valence-electron chi connectivity index (χ1n) is 9.34. The molecule has 0 bridgehead atoms. The average Bonchev–Trinajstić information content (AvgIpc) is 2.62. The van der Waals surface area contributed by atoms with Gasteiger partial charge in [0.15, 0.2) is 0 Å². The average molecular weight is 366 g/mol. The van der Waals surface area contributed by atoms with Crippen molar-refractivity contribution in [2.24, 2.45) is 0 Å². The van der Waals surface area contributed by atoms with Gasteiger partial charge in [-0.05, 0) is 31.5 Å². The third-order valence-electron chi connectivity index (χ3n) is 5.09. The smallest absolute Gasteiger partial charge is 0.336 e. The number of hydrogen-bond donors (Lipinski definition) is 2. The summed E-state index contributed by atoms with van der Waals surface area (Å²) in [5.74, 6) is 0.183. The summed E-state index contributed by atoms with van der Waals surface area (Å²) in [5, 5.41) is 11.4. The van der Waals surface area contributed by atoms with Crippen LogP contribution in [0.4, 0.5) is 0 Å². The Kier molecular flexibility index (Phi) is 4.72. The predicted octanol–water partition coefficient (Wildman–Crippen LogP) is 2.36. The Morgan fingerprint density at radius 1 is 1.07 bits per heavy atom. The Labute approximate surface area is 157 Å². The normalized spacial score (nSPS) is 22.8. The van der Waals surface area contributed by atoms with Crippen LogP contribution in [0.5, 0.6) is 5.75 Å². The van der Waals surface area contributed by atoms with Gasteiger partial charge in [0.25, 0.3) is 0 Å². The van der Waals surface area contributed by atoms with E-state index in [1.54, 1.807) is 18.2 Å². The zero-order valence-electron chi connectivity index (χ0n) is 15.6. The van der Waals surface area contributed by atoms with Gasteiger partial charge in [0.05, 0.1) is 0 Å². The standard InChI is InChI=1S/C22H23NO4/c1-14-11-23(12-15(2)26-14)13-17-8-22(25)27-21-10-18(20(24)9-19(17)21)16-6-4-3-5-7-16/h3-10,14-15,24H,11-13H2,1-2H3/p+1/t14-,15+. The minimum atomic E-state index is -0.365. The highest BCUT2D eigenvalue weighted by Gasteiger charge is 2.26. The van der Waals surface area contributed by atoms with Gasteiger partial charge >= 0.3 is 5.63 Å². The number of quaternary nitrogens is 1. The third kappa shape index (κ3) is 3.75. The molecule has 3 aromatic rings. The summed E-state index contributed by atoms with van der Waals surface area (Å²) in [7, 11) is 0. The maximum absolute atomic E-state index is 12.1. The fourth-order valence-corrected chi connectivity index (χ4v) is 4.06. The van der Waals surface area contributed by atoms with Crippen molar-refractivity contribution in [1.82, 2.24) is 0 Å². The van der Waals surface area contributed by atoms with Crippen LogP contribution < -0.4 is 10.5 Å². The first-order chi connectivity index (χ1) is 13.0. The zero-order valence-corrected chi connectivity index (χ0v) is 15.6. The molecule has 4 rings (SSSR count). The fourth-order valence-electron chi connectivity index (χ4n) is 4.06. The topological polar surface area (TPSA) is 64.1 Å². The maximum atomic E-state index is 12.1. The maximum Gasteiger partial charge on any atom is 0.336 e. The van der Waals surface area contributed by atoms with E-state index in [1.165, 1.54) is 4.90 Å². The molecule has 1 saturated heterocycles. The summed E-state index contributed by atoms with van der Waals surface area (Å²) < 4.78 is 11.3. The van der Waals surface area contributed by atoms with Gasteiger partial charge in [-0.25, -0.2) is 4.79 Å². The van der Waals surface area contributed by atoms with Crippen LogP contribution in [0.3, 0.4) is 0 Å². The molecule has 2 heterocycles. The number of benzene rings is 2. The Morgan fingerprint density at radius 2 is 1.78 bits per heavy atom. The van der Waals surface area contributed by atoms with Crippen LogP contribution in [-0.2, 0) is 11.3 Å². The van der Waals surface area contributed by atoms with Crippen molar-refractivity contribution in [2.75, 3.05) is 13.1 Å². The molecular formula is C22H24NO4+. The summed E-state index contributed by atoms with van der Waals surface area (Å²) in [6.07, 6.45) is 0.376. The molecule has 140 valence electrons. The van der Waals surface area contributed by atoms with Crippen LogP contribution >= 0.6 is 0 Å². The van der Waals surface area contributed by atoms with Gasteiger partial charge in [-0.1, -0.05) is 30.3 Å². The van der Waals surface area contributed by atoms with Gasteiger partial charge in [0, 0.05) is 22.6 Å². The van der Waals surface area contributed by atoms with E-state index in [0.29, 0.717) is 17.7 Å². The predicted molar refractivity (Wildman–Crippen MR) is 104 cm³/mol. The molecule has 0 amide bonds. The molecule has 1 unspecified atom stereocenters. The van der Waals surface area contributed by atoms with Gasteiger partial charge in [0.1, 0.15) is 43.2 Å². The van der Waals surface area contributed by atoms with Crippen molar-refractivity contribution in [3.05, 3.63) is 64.5 Å². The molecule has 3 atom stereocenters. The second-order valence-corrected chi connectivity index (χ2v) is 7.41. The summed E-state index contributed by atoms with van der Waals surface area (Å²) in [6, 6.07) is 14.6. The third-order valence-corrected chi connectivity index (χ3v) is 5.09. The monoisotopic (exact) mass is 366 g/mol. The molecular weight excluding hydrogens is 342 g/mol. The summed E-state index contributed by atoms with van der Waals surface area (Å²) in [5.41, 5.74) is 2.57. The molecule has 2 N–H and O–H groups in total. The number of aromatic hydroxyl groups is 1. The van der Waals surface area contributed by atoms with Crippen molar-refractivity contribution in [1.29, 1.82) is 0 Å². The van der Waals surface area contributed by atoms with E-state index < -0.39 is 0 Å². The number of ether oxygens (including phenoxy) is 1. The minimum Gasteiger partial charge on any atom is -0.507 e. The number of phenolic OH excluding ortho intramolecular Hbond substituents is 1. The van der Waals surface area contributed by atoms with E-state index in [1.807, 2.05) is 30.3 Å². The molecule has 0 saturated carbocycles. The quantitative estimate of drug-likeness (QED) is 0.699. The number of hydrogen-bond acceptors (Lipinski definition) is 4. The zero-order chi connectivity index (χ0) is 19.0. The Balaban J connectivity index is 1.76. The lowest BCUT2D eigenvalue weighted by Crippen LogP contribution is -3.14. The van der Waals surface area contributed by atoms with Crippen LogP contribution in [0.2, 0.25) is 0 Å². The lowest BCUT2D eigenvalue weighted by Gasteiger charge is -2.32. The van der Waals surface area contributed by atoms with E-state index in [9.17, 15) is 9.90 Å². The van der Waals surface area contributed by atoms with E-state index in [4.69, 9.17) is 9.15 Å². The SMILES string of the molecule is C[C@@H]1C[NH+](Cc2cc(=O)oc3cc(-c4ccccc4)c(O)cc23)C[C@H](C)O1. The van der Waals surface area contributed by atoms with Gasteiger partial charge in [-0.15, -0.1) is 0 Å². The van der Waals surface area contributed by atoms with Crippen molar-refractivity contribution in [3.8, 4) is 16.9 Å². The first kappa shape index (κ1) is 17.8.